The van der Waals surface area contributed by atoms with Crippen molar-refractivity contribution in [1.82, 2.24) is 15.2 Å². The molecule has 3 heterocycles. The number of hydrogen-bond donors (Lipinski definition) is 1. The number of nitrogens with zero attached hydrogens (tertiary/aromatic N) is 2. The highest BCUT2D eigenvalue weighted by Crippen LogP contribution is 2.33. The molecule has 27 heavy (non-hydrogen) atoms. The van der Waals surface area contributed by atoms with Gasteiger partial charge >= 0.3 is 0 Å². The largest absolute Gasteiger partial charge is 0.493 e. The molecule has 2 aromatic rings. The Hall–Kier alpha value is -2.41. The van der Waals surface area contributed by atoms with Crippen LogP contribution >= 0.6 is 11.3 Å². The summed E-state index contributed by atoms with van der Waals surface area (Å²) in [6.07, 6.45) is 3.19. The Labute approximate surface area is 162 Å². The summed E-state index contributed by atoms with van der Waals surface area (Å²) in [5.41, 5.74) is 2.18. The topological polar surface area (TPSA) is 71.5 Å². The van der Waals surface area contributed by atoms with Gasteiger partial charge in [0.2, 0.25) is 5.91 Å². The molecule has 0 aliphatic carbocycles. The molecule has 0 bridgehead atoms. The van der Waals surface area contributed by atoms with Gasteiger partial charge in [-0.3, -0.25) is 9.59 Å². The molecule has 0 spiro atoms. The molecule has 2 aliphatic heterocycles. The van der Waals surface area contributed by atoms with Crippen molar-refractivity contribution >= 4 is 23.2 Å². The average Bonchev–Trinajstić information content (AvgIpc) is 3.31. The molecule has 6 nitrogen and oxygen atoms in total. The zero-order valence-corrected chi connectivity index (χ0v) is 16.3. The lowest BCUT2D eigenvalue weighted by molar-refractivity contribution is -0.128. The van der Waals surface area contributed by atoms with E-state index in [1.165, 1.54) is 16.9 Å². The van der Waals surface area contributed by atoms with Crippen molar-refractivity contribution in [3.63, 3.8) is 0 Å². The first-order valence-corrected chi connectivity index (χ1v) is 10.1. The highest BCUT2D eigenvalue weighted by molar-refractivity contribution is 7.16. The van der Waals surface area contributed by atoms with Crippen LogP contribution in [-0.2, 0) is 11.2 Å². The quantitative estimate of drug-likeness (QED) is 0.878. The van der Waals surface area contributed by atoms with Crippen molar-refractivity contribution < 1.29 is 14.3 Å². The van der Waals surface area contributed by atoms with Crippen molar-refractivity contribution in [1.29, 1.82) is 0 Å². The zero-order valence-electron chi connectivity index (χ0n) is 15.5. The summed E-state index contributed by atoms with van der Waals surface area (Å²) in [5.74, 6) is 1.10. The lowest BCUT2D eigenvalue weighted by Crippen LogP contribution is -2.57. The molecule has 1 N–H and O–H groups in total. The summed E-state index contributed by atoms with van der Waals surface area (Å²) >= 11 is 1.38. The van der Waals surface area contributed by atoms with E-state index in [1.807, 2.05) is 12.1 Å². The van der Waals surface area contributed by atoms with Crippen LogP contribution in [-0.4, -0.2) is 47.4 Å². The van der Waals surface area contributed by atoms with Crippen molar-refractivity contribution in [2.24, 2.45) is 5.92 Å². The first kappa shape index (κ1) is 18.0. The Morgan fingerprint density at radius 3 is 3.11 bits per heavy atom. The van der Waals surface area contributed by atoms with Crippen LogP contribution in [0.25, 0.3) is 10.6 Å². The number of carbonyl (C=O) groups is 2. The molecule has 1 atom stereocenters. The maximum Gasteiger partial charge on any atom is 0.266 e. The second-order valence-electron chi connectivity index (χ2n) is 7.39. The third-order valence-electron chi connectivity index (χ3n) is 4.94. The monoisotopic (exact) mass is 385 g/mol. The molecular weight excluding hydrogens is 362 g/mol. The Kier molecular flexibility index (Phi) is 4.86. The van der Waals surface area contributed by atoms with E-state index in [1.54, 1.807) is 11.1 Å². The minimum atomic E-state index is -0.408. The van der Waals surface area contributed by atoms with Gasteiger partial charge in [-0.05, 0) is 36.1 Å². The molecule has 2 aliphatic rings. The van der Waals surface area contributed by atoms with Gasteiger partial charge in [-0.2, -0.15) is 0 Å². The summed E-state index contributed by atoms with van der Waals surface area (Å²) in [5, 5.41) is 3.69. The van der Waals surface area contributed by atoms with Gasteiger partial charge in [-0.25, -0.2) is 4.98 Å². The van der Waals surface area contributed by atoms with Crippen molar-refractivity contribution in [2.45, 2.75) is 32.7 Å². The molecule has 0 saturated carbocycles. The first-order valence-electron chi connectivity index (χ1n) is 9.33. The summed E-state index contributed by atoms with van der Waals surface area (Å²) in [6, 6.07) is 5.63. The zero-order chi connectivity index (χ0) is 19.0. The molecule has 142 valence electrons. The van der Waals surface area contributed by atoms with E-state index >= 15 is 0 Å². The number of carbonyl (C=O) groups excluding carboxylic acids is 2. The van der Waals surface area contributed by atoms with Crippen LogP contribution in [0.3, 0.4) is 0 Å². The van der Waals surface area contributed by atoms with Gasteiger partial charge in [0.15, 0.2) is 0 Å². The van der Waals surface area contributed by atoms with Crippen LogP contribution < -0.4 is 10.1 Å². The fourth-order valence-electron chi connectivity index (χ4n) is 3.61. The fourth-order valence-corrected chi connectivity index (χ4v) is 4.47. The fraction of sp³-hybridized carbons (Fsp3) is 0.450. The first-order chi connectivity index (χ1) is 13.0. The van der Waals surface area contributed by atoms with Crippen molar-refractivity contribution in [3.05, 3.63) is 34.8 Å². The number of thiazole rings is 1. The lowest BCUT2D eigenvalue weighted by atomic mass is 10.00. The van der Waals surface area contributed by atoms with Gasteiger partial charge in [0.05, 0.1) is 12.8 Å². The Morgan fingerprint density at radius 1 is 1.44 bits per heavy atom. The van der Waals surface area contributed by atoms with Crippen LogP contribution in [0.2, 0.25) is 0 Å². The van der Waals surface area contributed by atoms with Crippen molar-refractivity contribution in [2.75, 3.05) is 19.7 Å². The number of aromatic nitrogens is 1. The molecule has 1 fully saturated rings. The number of piperazine rings is 1. The van der Waals surface area contributed by atoms with E-state index < -0.39 is 6.04 Å². The molecular formula is C20H23N3O3S. The summed E-state index contributed by atoms with van der Waals surface area (Å²) in [6.45, 7) is 5.87. The highest BCUT2D eigenvalue weighted by Gasteiger charge is 2.34. The Bertz CT molecular complexity index is 877. The van der Waals surface area contributed by atoms with Crippen LogP contribution in [0.1, 0.15) is 35.5 Å². The predicted molar refractivity (Wildman–Crippen MR) is 104 cm³/mol. The van der Waals surface area contributed by atoms with E-state index in [9.17, 15) is 9.59 Å². The second-order valence-corrected chi connectivity index (χ2v) is 8.42. The van der Waals surface area contributed by atoms with E-state index in [2.05, 4.69) is 30.2 Å². The number of fused-ring (bicyclic) bond motifs is 1. The molecule has 1 aromatic carbocycles. The smallest absolute Gasteiger partial charge is 0.266 e. The normalized spacial score (nSPS) is 19.0. The van der Waals surface area contributed by atoms with Crippen molar-refractivity contribution in [3.8, 4) is 16.3 Å². The molecule has 1 aromatic heterocycles. The minimum Gasteiger partial charge on any atom is -0.493 e. The number of amides is 2. The van der Waals surface area contributed by atoms with Gasteiger partial charge in [0.25, 0.3) is 5.91 Å². The van der Waals surface area contributed by atoms with Crippen LogP contribution in [0.4, 0.5) is 0 Å². The second kappa shape index (κ2) is 7.31. The van der Waals surface area contributed by atoms with E-state index in [-0.39, 0.29) is 11.8 Å². The SMILES string of the molecule is CC(C)CC1C(=O)NCCN1C(=O)c1cnc(-c2ccc3c(c2)CCO3)s1. The summed E-state index contributed by atoms with van der Waals surface area (Å²) in [4.78, 5) is 32.1. The van der Waals surface area contributed by atoms with E-state index in [4.69, 9.17) is 4.74 Å². The Balaban J connectivity index is 1.56. The van der Waals surface area contributed by atoms with Crippen LogP contribution in [0.5, 0.6) is 5.75 Å². The van der Waals surface area contributed by atoms with Crippen LogP contribution in [0, 0.1) is 5.92 Å². The predicted octanol–water partition coefficient (Wildman–Crippen LogP) is 2.73. The third kappa shape index (κ3) is 3.56. The number of hydrogen-bond acceptors (Lipinski definition) is 5. The molecule has 7 heteroatoms. The number of rotatable bonds is 4. The average molecular weight is 385 g/mol. The maximum atomic E-state index is 13.1. The standard InChI is InChI=1S/C20H23N3O3S/c1-12(2)9-15-18(24)21-6-7-23(15)20(25)17-11-22-19(27-17)14-3-4-16-13(10-14)5-8-26-16/h3-4,10-12,15H,5-9H2,1-2H3,(H,21,24). The van der Waals surface area contributed by atoms with Gasteiger partial charge in [0.1, 0.15) is 21.7 Å². The molecule has 1 unspecified atom stereocenters. The summed E-state index contributed by atoms with van der Waals surface area (Å²) in [7, 11) is 0. The number of benzene rings is 1. The van der Waals surface area contributed by atoms with Gasteiger partial charge in [0, 0.05) is 25.1 Å². The Morgan fingerprint density at radius 2 is 2.30 bits per heavy atom. The van der Waals surface area contributed by atoms with Gasteiger partial charge < -0.3 is 15.0 Å². The summed E-state index contributed by atoms with van der Waals surface area (Å²) < 4.78 is 5.55. The van der Waals surface area contributed by atoms with E-state index in [0.29, 0.717) is 36.9 Å². The highest BCUT2D eigenvalue weighted by atomic mass is 32.1. The maximum absolute atomic E-state index is 13.1. The third-order valence-corrected chi connectivity index (χ3v) is 5.97. The lowest BCUT2D eigenvalue weighted by Gasteiger charge is -2.35. The molecule has 4 rings (SSSR count). The minimum absolute atomic E-state index is 0.0633. The molecule has 0 radical (unpaired) electrons. The van der Waals surface area contributed by atoms with E-state index in [0.717, 1.165) is 22.7 Å². The molecule has 1 saturated heterocycles. The number of ether oxygens (including phenoxy) is 1. The van der Waals surface area contributed by atoms with Gasteiger partial charge in [-0.15, -0.1) is 11.3 Å². The number of nitrogens with one attached hydrogen (secondary N) is 1. The van der Waals surface area contributed by atoms with Crippen LogP contribution in [0.15, 0.2) is 24.4 Å². The molecule has 2 amide bonds. The van der Waals surface area contributed by atoms with Gasteiger partial charge in [-0.1, -0.05) is 13.8 Å².